The van der Waals surface area contributed by atoms with Crippen molar-refractivity contribution in [1.82, 2.24) is 0 Å². The van der Waals surface area contributed by atoms with Crippen molar-refractivity contribution in [1.29, 1.82) is 0 Å². The van der Waals surface area contributed by atoms with E-state index in [2.05, 4.69) is 27.7 Å². The summed E-state index contributed by atoms with van der Waals surface area (Å²) in [7, 11) is 0. The lowest BCUT2D eigenvalue weighted by Crippen LogP contribution is -1.99. The van der Waals surface area contributed by atoms with Crippen LogP contribution >= 0.6 is 0 Å². The van der Waals surface area contributed by atoms with Gasteiger partial charge in [-0.1, -0.05) is 53.4 Å². The van der Waals surface area contributed by atoms with Crippen LogP contribution in [-0.4, -0.2) is 13.2 Å². The first-order chi connectivity index (χ1) is 7.13. The van der Waals surface area contributed by atoms with Crippen LogP contribution < -0.4 is 0 Å². The molecule has 1 heteroatoms. The first-order valence-corrected chi connectivity index (χ1v) is 6.70. The van der Waals surface area contributed by atoms with Crippen LogP contribution in [0, 0.1) is 11.8 Å². The molecule has 0 aromatic heterocycles. The fraction of sp³-hybridized carbons (Fsp3) is 1.00. The third kappa shape index (κ3) is 14.0. The molecule has 0 N–H and O–H groups in total. The van der Waals surface area contributed by atoms with Gasteiger partial charge in [0.2, 0.25) is 0 Å². The minimum absolute atomic E-state index is 0.844. The predicted octanol–water partition coefficient (Wildman–Crippen LogP) is 4.66. The topological polar surface area (TPSA) is 9.23 Å². The maximum atomic E-state index is 5.60. The van der Waals surface area contributed by atoms with Gasteiger partial charge in [0.15, 0.2) is 0 Å². The fourth-order valence-electron chi connectivity index (χ4n) is 1.62. The lowest BCUT2D eigenvalue weighted by Gasteiger charge is -2.06. The van der Waals surface area contributed by atoms with Gasteiger partial charge in [-0.3, -0.25) is 0 Å². The van der Waals surface area contributed by atoms with E-state index < -0.39 is 0 Å². The van der Waals surface area contributed by atoms with Gasteiger partial charge in [-0.15, -0.1) is 0 Å². The summed E-state index contributed by atoms with van der Waals surface area (Å²) >= 11 is 0. The van der Waals surface area contributed by atoms with E-state index in [9.17, 15) is 0 Å². The van der Waals surface area contributed by atoms with Crippen molar-refractivity contribution in [2.45, 2.75) is 66.2 Å². The zero-order chi connectivity index (χ0) is 11.5. The lowest BCUT2D eigenvalue weighted by molar-refractivity contribution is 0.124. The molecule has 0 fully saturated rings. The summed E-state index contributed by atoms with van der Waals surface area (Å²) < 4.78 is 5.60. The number of unbranched alkanes of at least 4 members (excludes halogenated alkanes) is 2. The lowest BCUT2D eigenvalue weighted by atomic mass is 10.1. The quantitative estimate of drug-likeness (QED) is 0.481. The van der Waals surface area contributed by atoms with Crippen molar-refractivity contribution in [3.8, 4) is 0 Å². The van der Waals surface area contributed by atoms with E-state index in [0.717, 1.165) is 25.0 Å². The average molecular weight is 214 g/mol. The molecule has 0 saturated carbocycles. The molecule has 0 aliphatic rings. The minimum atomic E-state index is 0.844. The summed E-state index contributed by atoms with van der Waals surface area (Å²) in [6.45, 7) is 11.1. The van der Waals surface area contributed by atoms with Gasteiger partial charge in [-0.2, -0.15) is 0 Å². The van der Waals surface area contributed by atoms with Crippen LogP contribution in [0.2, 0.25) is 0 Å². The number of ether oxygens (including phenoxy) is 1. The molecule has 0 aromatic rings. The molecule has 0 spiro atoms. The number of rotatable bonds is 10. The molecule has 0 aliphatic carbocycles. The molecule has 0 radical (unpaired) electrons. The van der Waals surface area contributed by atoms with Gasteiger partial charge in [-0.25, -0.2) is 0 Å². The zero-order valence-electron chi connectivity index (χ0n) is 11.2. The Kier molecular flexibility index (Phi) is 10.4. The first-order valence-electron chi connectivity index (χ1n) is 6.70. The van der Waals surface area contributed by atoms with E-state index in [0.29, 0.717) is 0 Å². The fourth-order valence-corrected chi connectivity index (χ4v) is 1.62. The molecule has 15 heavy (non-hydrogen) atoms. The van der Waals surface area contributed by atoms with Crippen LogP contribution in [0.4, 0.5) is 0 Å². The van der Waals surface area contributed by atoms with Gasteiger partial charge >= 0.3 is 0 Å². The monoisotopic (exact) mass is 214 g/mol. The summed E-state index contributed by atoms with van der Waals surface area (Å²) in [6.07, 6.45) is 7.81. The Morgan fingerprint density at radius 3 is 1.40 bits per heavy atom. The van der Waals surface area contributed by atoms with Crippen LogP contribution in [0.1, 0.15) is 66.2 Å². The van der Waals surface area contributed by atoms with E-state index in [1.165, 1.54) is 38.5 Å². The molecule has 0 atom stereocenters. The molecule has 0 unspecified atom stereocenters. The van der Waals surface area contributed by atoms with Crippen LogP contribution in [-0.2, 0) is 4.74 Å². The molecule has 0 aromatic carbocycles. The van der Waals surface area contributed by atoms with E-state index in [4.69, 9.17) is 4.74 Å². The third-order valence-electron chi connectivity index (χ3n) is 2.64. The summed E-state index contributed by atoms with van der Waals surface area (Å²) in [6, 6.07) is 0. The average Bonchev–Trinajstić information content (AvgIpc) is 2.14. The minimum Gasteiger partial charge on any atom is -0.381 e. The second-order valence-electron chi connectivity index (χ2n) is 5.39. The van der Waals surface area contributed by atoms with E-state index in [-0.39, 0.29) is 0 Å². The molecule has 0 amide bonds. The van der Waals surface area contributed by atoms with E-state index >= 15 is 0 Å². The third-order valence-corrected chi connectivity index (χ3v) is 2.64. The van der Waals surface area contributed by atoms with Crippen LogP contribution in [0.15, 0.2) is 0 Å². The van der Waals surface area contributed by atoms with Crippen LogP contribution in [0.25, 0.3) is 0 Å². The van der Waals surface area contributed by atoms with Crippen LogP contribution in [0.5, 0.6) is 0 Å². The molecule has 0 saturated heterocycles. The normalized spacial score (nSPS) is 11.6. The Labute approximate surface area is 96.6 Å². The van der Waals surface area contributed by atoms with Gasteiger partial charge in [0.05, 0.1) is 0 Å². The Hall–Kier alpha value is -0.0400. The van der Waals surface area contributed by atoms with E-state index in [1.807, 2.05) is 0 Å². The highest BCUT2D eigenvalue weighted by atomic mass is 16.5. The second kappa shape index (κ2) is 10.5. The number of hydrogen-bond donors (Lipinski definition) is 0. The molecule has 0 heterocycles. The molecule has 0 bridgehead atoms. The molecular formula is C14H30O. The number of hydrogen-bond acceptors (Lipinski definition) is 1. The standard InChI is InChI=1S/C14H30O/c1-13(2)9-5-7-11-15-12-8-6-10-14(3)4/h13-14H,5-12H2,1-4H3. The van der Waals surface area contributed by atoms with Gasteiger partial charge in [0, 0.05) is 13.2 Å². The van der Waals surface area contributed by atoms with Crippen molar-refractivity contribution >= 4 is 0 Å². The van der Waals surface area contributed by atoms with E-state index in [1.54, 1.807) is 0 Å². The van der Waals surface area contributed by atoms with Crippen LogP contribution in [0.3, 0.4) is 0 Å². The van der Waals surface area contributed by atoms with Crippen molar-refractivity contribution in [2.24, 2.45) is 11.8 Å². The highest BCUT2D eigenvalue weighted by Gasteiger charge is 1.96. The maximum Gasteiger partial charge on any atom is 0.0466 e. The highest BCUT2D eigenvalue weighted by Crippen LogP contribution is 2.07. The summed E-state index contributed by atoms with van der Waals surface area (Å²) in [5, 5.41) is 0. The van der Waals surface area contributed by atoms with Crippen molar-refractivity contribution < 1.29 is 4.74 Å². The molecular weight excluding hydrogens is 184 g/mol. The van der Waals surface area contributed by atoms with Crippen molar-refractivity contribution in [3.05, 3.63) is 0 Å². The summed E-state index contributed by atoms with van der Waals surface area (Å²) in [4.78, 5) is 0. The van der Waals surface area contributed by atoms with Gasteiger partial charge in [0.25, 0.3) is 0 Å². The highest BCUT2D eigenvalue weighted by molar-refractivity contribution is 4.48. The molecule has 92 valence electrons. The maximum absolute atomic E-state index is 5.60. The summed E-state index contributed by atoms with van der Waals surface area (Å²) in [5.41, 5.74) is 0. The smallest absolute Gasteiger partial charge is 0.0466 e. The largest absolute Gasteiger partial charge is 0.381 e. The SMILES string of the molecule is CC(C)CCCCOCCCCC(C)C. The molecule has 0 aliphatic heterocycles. The van der Waals surface area contributed by atoms with Gasteiger partial charge in [-0.05, 0) is 24.7 Å². The van der Waals surface area contributed by atoms with Crippen molar-refractivity contribution in [3.63, 3.8) is 0 Å². The Balaban J connectivity index is 2.93. The zero-order valence-corrected chi connectivity index (χ0v) is 11.2. The Bertz CT molecular complexity index is 105. The van der Waals surface area contributed by atoms with Gasteiger partial charge in [0.1, 0.15) is 0 Å². The molecule has 1 nitrogen and oxygen atoms in total. The van der Waals surface area contributed by atoms with Gasteiger partial charge < -0.3 is 4.74 Å². The Morgan fingerprint density at radius 1 is 0.667 bits per heavy atom. The molecule has 0 rings (SSSR count). The summed E-state index contributed by atoms with van der Waals surface area (Å²) in [5.74, 6) is 1.69. The predicted molar refractivity (Wildman–Crippen MR) is 68.2 cm³/mol. The van der Waals surface area contributed by atoms with Crippen molar-refractivity contribution in [2.75, 3.05) is 13.2 Å². The first kappa shape index (κ1) is 15.0. The second-order valence-corrected chi connectivity index (χ2v) is 5.39. The Morgan fingerprint density at radius 2 is 1.07 bits per heavy atom.